The lowest BCUT2D eigenvalue weighted by Gasteiger charge is -2.21. The van der Waals surface area contributed by atoms with E-state index >= 15 is 0 Å². The van der Waals surface area contributed by atoms with Gasteiger partial charge in [0.15, 0.2) is 0 Å². The van der Waals surface area contributed by atoms with Crippen molar-refractivity contribution in [3.63, 3.8) is 0 Å². The lowest BCUT2D eigenvalue weighted by atomic mass is 10.1. The van der Waals surface area contributed by atoms with Crippen LogP contribution in [0.15, 0.2) is 30.7 Å². The Balaban J connectivity index is 0.000000360. The molecule has 8 nitrogen and oxygen atoms in total. The average Bonchev–Trinajstić information content (AvgIpc) is 3.20. The lowest BCUT2D eigenvalue weighted by Crippen LogP contribution is -2.34. The number of halogens is 3. The third kappa shape index (κ3) is 6.14. The Kier molecular flexibility index (Phi) is 7.60. The molecule has 0 aromatic carbocycles. The summed E-state index contributed by atoms with van der Waals surface area (Å²) in [6, 6.07) is 5.70. The van der Waals surface area contributed by atoms with Crippen LogP contribution in [0.3, 0.4) is 0 Å². The zero-order valence-electron chi connectivity index (χ0n) is 17.4. The Morgan fingerprint density at radius 3 is 2.31 bits per heavy atom. The number of carboxylic acid groups (broad SMARTS) is 1. The first-order valence-corrected chi connectivity index (χ1v) is 10.3. The summed E-state index contributed by atoms with van der Waals surface area (Å²) in [5, 5.41) is 7.12. The number of aliphatic carboxylic acids is 1. The Morgan fingerprint density at radius 1 is 1.00 bits per heavy atom. The van der Waals surface area contributed by atoms with Crippen molar-refractivity contribution in [2.45, 2.75) is 38.3 Å². The van der Waals surface area contributed by atoms with Crippen LogP contribution in [0.1, 0.15) is 29.8 Å². The zero-order valence-corrected chi connectivity index (χ0v) is 17.4. The number of anilines is 1. The first-order valence-electron chi connectivity index (χ1n) is 10.3. The molecule has 11 heteroatoms. The fourth-order valence-electron chi connectivity index (χ4n) is 3.73. The van der Waals surface area contributed by atoms with Gasteiger partial charge >= 0.3 is 12.1 Å². The number of fused-ring (bicyclic) bond motifs is 1. The molecule has 2 aliphatic rings. The van der Waals surface area contributed by atoms with Gasteiger partial charge in [-0.3, -0.25) is 9.78 Å². The van der Waals surface area contributed by atoms with Crippen LogP contribution in [0.5, 0.6) is 0 Å². The van der Waals surface area contributed by atoms with Crippen LogP contribution in [0.4, 0.5) is 19.0 Å². The highest BCUT2D eigenvalue weighted by Crippen LogP contribution is 2.26. The second-order valence-electron chi connectivity index (χ2n) is 7.50. The topological polar surface area (TPSA) is 99.5 Å². The van der Waals surface area contributed by atoms with E-state index in [0.717, 1.165) is 56.2 Å². The molecule has 2 aromatic heterocycles. The highest BCUT2D eigenvalue weighted by atomic mass is 19.4. The van der Waals surface area contributed by atoms with Crippen molar-refractivity contribution >= 4 is 17.7 Å². The van der Waals surface area contributed by atoms with E-state index in [2.05, 4.69) is 19.9 Å². The Hall–Kier alpha value is -3.24. The summed E-state index contributed by atoms with van der Waals surface area (Å²) in [7, 11) is 0. The number of hydrogen-bond donors (Lipinski definition) is 1. The largest absolute Gasteiger partial charge is 0.490 e. The molecule has 4 rings (SSSR count). The molecule has 0 atom stereocenters. The molecule has 32 heavy (non-hydrogen) atoms. The second-order valence-corrected chi connectivity index (χ2v) is 7.50. The van der Waals surface area contributed by atoms with E-state index in [0.29, 0.717) is 6.42 Å². The quantitative estimate of drug-likeness (QED) is 0.764. The van der Waals surface area contributed by atoms with Gasteiger partial charge in [0, 0.05) is 50.1 Å². The third-order valence-electron chi connectivity index (χ3n) is 5.32. The maximum absolute atomic E-state index is 12.7. The molecule has 0 aliphatic carbocycles. The van der Waals surface area contributed by atoms with E-state index in [1.807, 2.05) is 23.1 Å². The van der Waals surface area contributed by atoms with E-state index in [1.165, 1.54) is 18.4 Å². The van der Waals surface area contributed by atoms with Gasteiger partial charge < -0.3 is 14.9 Å². The summed E-state index contributed by atoms with van der Waals surface area (Å²) >= 11 is 0. The minimum atomic E-state index is -5.08. The number of carbonyl (C=O) groups excluding carboxylic acids is 1. The number of carboxylic acids is 1. The molecule has 1 fully saturated rings. The van der Waals surface area contributed by atoms with Gasteiger partial charge in [0.05, 0.1) is 12.1 Å². The van der Waals surface area contributed by atoms with Crippen LogP contribution in [-0.2, 0) is 28.9 Å². The van der Waals surface area contributed by atoms with Crippen LogP contribution in [0.25, 0.3) is 0 Å². The van der Waals surface area contributed by atoms with Crippen molar-refractivity contribution in [3.8, 4) is 0 Å². The molecule has 1 amide bonds. The molecule has 2 aromatic rings. The van der Waals surface area contributed by atoms with Crippen LogP contribution in [0, 0.1) is 0 Å². The SMILES string of the molecule is O=C(Cc1ccccn1)N1CCc2ncnc(N3CCCC3)c2CC1.O=C(O)C(F)(F)F. The van der Waals surface area contributed by atoms with Gasteiger partial charge in [-0.25, -0.2) is 14.8 Å². The van der Waals surface area contributed by atoms with Crippen LogP contribution < -0.4 is 4.90 Å². The standard InChI is InChI=1S/C19H23N5O.C2HF3O2/c25-18(13-15-5-1-2-8-20-15)23-11-6-16-17(7-12-23)21-14-22-19(16)24-9-3-4-10-24;3-2(4,5)1(6)7/h1-2,5,8,14H,3-4,6-7,9-13H2;(H,6,7). The van der Waals surface area contributed by atoms with Crippen LogP contribution in [0.2, 0.25) is 0 Å². The highest BCUT2D eigenvalue weighted by molar-refractivity contribution is 5.78. The van der Waals surface area contributed by atoms with Crippen molar-refractivity contribution in [1.82, 2.24) is 19.9 Å². The Morgan fingerprint density at radius 2 is 1.69 bits per heavy atom. The van der Waals surface area contributed by atoms with Gasteiger partial charge in [-0.2, -0.15) is 13.2 Å². The summed E-state index contributed by atoms with van der Waals surface area (Å²) in [4.78, 5) is 39.2. The minimum absolute atomic E-state index is 0.141. The molecule has 4 heterocycles. The number of rotatable bonds is 3. The number of nitrogens with zero attached hydrogens (tertiary/aromatic N) is 5. The molecular weight excluding hydrogens is 427 g/mol. The van der Waals surface area contributed by atoms with E-state index in [-0.39, 0.29) is 5.91 Å². The summed E-state index contributed by atoms with van der Waals surface area (Å²) in [6.45, 7) is 3.60. The number of amides is 1. The fraction of sp³-hybridized carbons (Fsp3) is 0.476. The molecule has 2 aliphatic heterocycles. The molecule has 172 valence electrons. The molecular formula is C21H24F3N5O3. The van der Waals surface area contributed by atoms with E-state index < -0.39 is 12.1 Å². The predicted molar refractivity (Wildman–Crippen MR) is 109 cm³/mol. The summed E-state index contributed by atoms with van der Waals surface area (Å²) in [5.41, 5.74) is 3.16. The Bertz CT molecular complexity index is 934. The first-order chi connectivity index (χ1) is 15.3. The van der Waals surface area contributed by atoms with Crippen LogP contribution >= 0.6 is 0 Å². The lowest BCUT2D eigenvalue weighted by molar-refractivity contribution is -0.192. The van der Waals surface area contributed by atoms with E-state index in [9.17, 15) is 18.0 Å². The van der Waals surface area contributed by atoms with Crippen molar-refractivity contribution in [2.24, 2.45) is 0 Å². The number of alkyl halides is 3. The third-order valence-corrected chi connectivity index (χ3v) is 5.32. The van der Waals surface area contributed by atoms with Gasteiger partial charge in [0.1, 0.15) is 12.1 Å². The monoisotopic (exact) mass is 451 g/mol. The predicted octanol–water partition coefficient (Wildman–Crippen LogP) is 2.27. The molecule has 0 saturated carbocycles. The summed E-state index contributed by atoms with van der Waals surface area (Å²) < 4.78 is 31.7. The van der Waals surface area contributed by atoms with Gasteiger partial charge in [0.2, 0.25) is 5.91 Å². The molecule has 0 radical (unpaired) electrons. The van der Waals surface area contributed by atoms with Crippen molar-refractivity contribution < 1.29 is 27.9 Å². The zero-order chi connectivity index (χ0) is 23.1. The number of aromatic nitrogens is 3. The van der Waals surface area contributed by atoms with Gasteiger partial charge in [-0.05, 0) is 31.4 Å². The van der Waals surface area contributed by atoms with Crippen LogP contribution in [-0.4, -0.2) is 69.2 Å². The van der Waals surface area contributed by atoms with Gasteiger partial charge in [-0.15, -0.1) is 0 Å². The molecule has 0 spiro atoms. The summed E-state index contributed by atoms with van der Waals surface area (Å²) in [5.74, 6) is -1.53. The molecule has 1 saturated heterocycles. The van der Waals surface area contributed by atoms with E-state index in [1.54, 1.807) is 12.5 Å². The van der Waals surface area contributed by atoms with E-state index in [4.69, 9.17) is 9.90 Å². The smallest absolute Gasteiger partial charge is 0.475 e. The normalized spacial score (nSPS) is 16.0. The minimum Gasteiger partial charge on any atom is -0.475 e. The molecule has 0 bridgehead atoms. The second kappa shape index (κ2) is 10.4. The number of hydrogen-bond acceptors (Lipinski definition) is 6. The maximum atomic E-state index is 12.7. The number of pyridine rings is 1. The van der Waals surface area contributed by atoms with Gasteiger partial charge in [-0.1, -0.05) is 6.07 Å². The number of carbonyl (C=O) groups is 2. The summed E-state index contributed by atoms with van der Waals surface area (Å²) in [6.07, 6.45) is 2.78. The molecule has 1 N–H and O–H groups in total. The van der Waals surface area contributed by atoms with Gasteiger partial charge in [0.25, 0.3) is 0 Å². The fourth-order valence-corrected chi connectivity index (χ4v) is 3.73. The van der Waals surface area contributed by atoms with Crippen molar-refractivity contribution in [3.05, 3.63) is 47.7 Å². The van der Waals surface area contributed by atoms with Crippen molar-refractivity contribution in [2.75, 3.05) is 31.1 Å². The molecule has 0 unspecified atom stereocenters. The Labute approximate surface area is 183 Å². The highest BCUT2D eigenvalue weighted by Gasteiger charge is 2.38. The average molecular weight is 451 g/mol. The first kappa shape index (κ1) is 23.4. The maximum Gasteiger partial charge on any atom is 0.490 e. The van der Waals surface area contributed by atoms with Crippen molar-refractivity contribution in [1.29, 1.82) is 0 Å².